The Kier molecular flexibility index (Phi) is 34.7. The van der Waals surface area contributed by atoms with Crippen molar-refractivity contribution >= 4 is 23.1 Å². The van der Waals surface area contributed by atoms with E-state index in [1.54, 1.807) is 27.7 Å². The van der Waals surface area contributed by atoms with Crippen LogP contribution in [0.3, 0.4) is 0 Å². The van der Waals surface area contributed by atoms with Crippen molar-refractivity contribution in [3.63, 3.8) is 0 Å². The van der Waals surface area contributed by atoms with Crippen molar-refractivity contribution in [3.8, 4) is 0 Å². The number of ketones is 4. The molecule has 0 aliphatic rings. The summed E-state index contributed by atoms with van der Waals surface area (Å²) in [7, 11) is 0. The van der Waals surface area contributed by atoms with Gasteiger partial charge in [-0.05, 0) is 27.7 Å². The van der Waals surface area contributed by atoms with E-state index in [0.29, 0.717) is 0 Å². The maximum atomic E-state index is 10.0. The smallest absolute Gasteiger partial charge is 0.852 e. The summed E-state index contributed by atoms with van der Waals surface area (Å²) >= 11 is 0. The van der Waals surface area contributed by atoms with Crippen LogP contribution in [0.4, 0.5) is 0 Å². The third-order valence-corrected chi connectivity index (χ3v) is 0.996. The van der Waals surface area contributed by atoms with Crippen LogP contribution in [0.2, 0.25) is 0 Å². The zero-order valence-electron chi connectivity index (χ0n) is 15.5. The van der Waals surface area contributed by atoms with Crippen LogP contribution in [-0.4, -0.2) is 35.3 Å². The van der Waals surface area contributed by atoms with E-state index in [1.807, 2.05) is 0 Å². The van der Waals surface area contributed by atoms with E-state index >= 15 is 0 Å². The molecule has 0 N–H and O–H groups in total. The van der Waals surface area contributed by atoms with Crippen LogP contribution in [0.15, 0.2) is 0 Å². The van der Waals surface area contributed by atoms with Gasteiger partial charge in [-0.1, -0.05) is 27.7 Å². The van der Waals surface area contributed by atoms with Crippen molar-refractivity contribution in [2.75, 3.05) is 0 Å². The Hall–Kier alpha value is -0.686. The van der Waals surface area contributed by atoms with Crippen LogP contribution in [0, 0.1) is 0 Å². The fraction of sp³-hybridized carbons (Fsp3) is 0.750. The van der Waals surface area contributed by atoms with Gasteiger partial charge in [0.05, 0.1) is 12.8 Å². The molecular formula is C16H30O6Ti. The molecule has 0 saturated carbocycles. The second-order valence-corrected chi connectivity index (χ2v) is 5.26. The third kappa shape index (κ3) is 149. The van der Waals surface area contributed by atoms with Crippen molar-refractivity contribution in [2.24, 2.45) is 0 Å². The summed E-state index contributed by atoms with van der Waals surface area (Å²) < 4.78 is 0. The van der Waals surface area contributed by atoms with Gasteiger partial charge in [-0.2, -0.15) is 0 Å². The second kappa shape index (κ2) is 23.6. The number of rotatable bonds is 4. The Labute approximate surface area is 154 Å². The van der Waals surface area contributed by atoms with E-state index in [0.717, 1.165) is 0 Å². The average Bonchev–Trinajstić information content (AvgIpc) is 2.10. The molecule has 0 atom stereocenters. The Morgan fingerprint density at radius 2 is 0.696 bits per heavy atom. The van der Waals surface area contributed by atoms with Gasteiger partial charge in [0.1, 0.15) is 23.1 Å². The summed E-state index contributed by atoms with van der Waals surface area (Å²) in [5.41, 5.74) is 0. The number of hydrogen-bond acceptors (Lipinski definition) is 6. The fourth-order valence-corrected chi connectivity index (χ4v) is 0.701. The summed E-state index contributed by atoms with van der Waals surface area (Å²) in [4.78, 5) is 40.1. The normalized spacial score (nSPS) is 8.17. The summed E-state index contributed by atoms with van der Waals surface area (Å²) in [6, 6.07) is 0. The molecular weight excluding hydrogens is 336 g/mol. The third-order valence-electron chi connectivity index (χ3n) is 0.996. The molecule has 0 saturated heterocycles. The molecule has 23 heavy (non-hydrogen) atoms. The molecule has 0 unspecified atom stereocenters. The minimum absolute atomic E-state index is 0. The maximum Gasteiger partial charge on any atom is 2.00 e. The molecule has 6 nitrogen and oxygen atoms in total. The van der Waals surface area contributed by atoms with Gasteiger partial charge in [0.2, 0.25) is 0 Å². The summed E-state index contributed by atoms with van der Waals surface area (Å²) in [6.45, 7) is 12.1. The first-order valence-electron chi connectivity index (χ1n) is 7.01. The molecule has 0 aromatic heterocycles. The van der Waals surface area contributed by atoms with Crippen molar-refractivity contribution < 1.29 is 51.1 Å². The van der Waals surface area contributed by atoms with Crippen molar-refractivity contribution in [3.05, 3.63) is 0 Å². The summed E-state index contributed by atoms with van der Waals surface area (Å²) in [6.07, 6.45) is -0.667. The SMILES string of the molecule is CC(=O)CC(C)=O.CC(=O)CC(C)=O.CC(C)[O-].CC(C)[O-].[Ti+2]. The summed E-state index contributed by atoms with van der Waals surface area (Å²) in [5.74, 6) is -0.250. The molecule has 0 bridgehead atoms. The average molecular weight is 366 g/mol. The Bertz CT molecular complexity index is 263. The molecule has 0 aliphatic carbocycles. The first-order chi connectivity index (χ1) is 9.72. The van der Waals surface area contributed by atoms with Gasteiger partial charge >= 0.3 is 21.7 Å². The topological polar surface area (TPSA) is 114 Å². The van der Waals surface area contributed by atoms with E-state index in [4.69, 9.17) is 0 Å². The van der Waals surface area contributed by atoms with Gasteiger partial charge in [-0.25, -0.2) is 0 Å². The molecule has 0 heterocycles. The van der Waals surface area contributed by atoms with Crippen molar-refractivity contribution in [2.45, 2.75) is 80.4 Å². The van der Waals surface area contributed by atoms with Crippen LogP contribution in [0.1, 0.15) is 68.2 Å². The van der Waals surface area contributed by atoms with Crippen LogP contribution in [0.5, 0.6) is 0 Å². The Balaban J connectivity index is -0.0000000639. The number of carbonyl (C=O) groups is 4. The van der Waals surface area contributed by atoms with Crippen LogP contribution >= 0.6 is 0 Å². The van der Waals surface area contributed by atoms with Gasteiger partial charge < -0.3 is 10.2 Å². The molecule has 0 radical (unpaired) electrons. The monoisotopic (exact) mass is 366 g/mol. The molecule has 0 spiro atoms. The minimum atomic E-state index is -0.417. The predicted octanol–water partition coefficient (Wildman–Crippen LogP) is 0.617. The molecule has 0 amide bonds. The van der Waals surface area contributed by atoms with Crippen molar-refractivity contribution in [1.82, 2.24) is 0 Å². The molecule has 0 rings (SSSR count). The van der Waals surface area contributed by atoms with Gasteiger partial charge in [0, 0.05) is 0 Å². The molecule has 0 aliphatic heterocycles. The van der Waals surface area contributed by atoms with E-state index in [-0.39, 0.29) is 57.7 Å². The van der Waals surface area contributed by atoms with Crippen LogP contribution in [-0.2, 0) is 40.9 Å². The number of hydrogen-bond donors (Lipinski definition) is 0. The minimum Gasteiger partial charge on any atom is -0.852 e. The first-order valence-corrected chi connectivity index (χ1v) is 7.01. The van der Waals surface area contributed by atoms with Gasteiger partial charge in [-0.3, -0.25) is 19.2 Å². The number of Topliss-reactive ketones (excluding diaryl/α,β-unsaturated/α-hetero) is 4. The van der Waals surface area contributed by atoms with Gasteiger partial charge in [0.15, 0.2) is 0 Å². The second-order valence-electron chi connectivity index (χ2n) is 5.26. The Morgan fingerprint density at radius 1 is 0.609 bits per heavy atom. The quantitative estimate of drug-likeness (QED) is 0.532. The van der Waals surface area contributed by atoms with E-state index in [2.05, 4.69) is 0 Å². The van der Waals surface area contributed by atoms with E-state index in [9.17, 15) is 29.4 Å². The largest absolute Gasteiger partial charge is 2.00 e. The molecule has 7 heteroatoms. The fourth-order valence-electron chi connectivity index (χ4n) is 0.701. The predicted molar refractivity (Wildman–Crippen MR) is 82.2 cm³/mol. The van der Waals surface area contributed by atoms with Gasteiger partial charge in [0.25, 0.3) is 0 Å². The molecule has 134 valence electrons. The van der Waals surface area contributed by atoms with E-state index < -0.39 is 12.2 Å². The van der Waals surface area contributed by atoms with Crippen molar-refractivity contribution in [1.29, 1.82) is 0 Å². The standard InChI is InChI=1S/2C5H8O2.2C3H7O.Ti/c2*1-4(6)3-5(2)7;2*1-3(2)4;/h2*3H2,1-2H3;2*3H,1-2H3;/q;;2*-1;+2. The summed E-state index contributed by atoms with van der Waals surface area (Å²) in [5, 5.41) is 19.1. The zero-order valence-corrected chi connectivity index (χ0v) is 17.1. The molecule has 0 fully saturated rings. The van der Waals surface area contributed by atoms with Crippen LogP contribution < -0.4 is 10.2 Å². The Morgan fingerprint density at radius 3 is 0.696 bits per heavy atom. The van der Waals surface area contributed by atoms with E-state index in [1.165, 1.54) is 27.7 Å². The molecule has 0 aromatic carbocycles. The van der Waals surface area contributed by atoms with Gasteiger partial charge in [-0.15, -0.1) is 12.2 Å². The first kappa shape index (κ1) is 33.8. The van der Waals surface area contributed by atoms with Crippen LogP contribution in [0.25, 0.3) is 0 Å². The number of carbonyl (C=O) groups excluding carboxylic acids is 4. The molecule has 0 aromatic rings. The maximum absolute atomic E-state index is 10.0. The zero-order chi connectivity index (χ0) is 18.9.